The van der Waals surface area contributed by atoms with Crippen molar-refractivity contribution in [1.29, 1.82) is 0 Å². The summed E-state index contributed by atoms with van der Waals surface area (Å²) in [7, 11) is 0. The molecule has 0 aliphatic carbocycles. The highest BCUT2D eigenvalue weighted by Crippen LogP contribution is 2.24. The highest BCUT2D eigenvalue weighted by atomic mass is 16.5. The van der Waals surface area contributed by atoms with Gasteiger partial charge in [-0.25, -0.2) is 14.6 Å². The largest absolute Gasteiger partial charge is 0.492 e. The number of nitrogens with zero attached hydrogens (tertiary/aromatic N) is 8. The number of ether oxygens (including phenoxy) is 1. The molecule has 0 saturated carbocycles. The smallest absolute Gasteiger partial charge is 0.242 e. The number of rotatable bonds is 5. The molecule has 10 heteroatoms. The second-order valence-corrected chi connectivity index (χ2v) is 6.00. The second-order valence-electron chi connectivity index (χ2n) is 6.00. The van der Waals surface area contributed by atoms with Crippen LogP contribution in [0.4, 0.5) is 5.82 Å². The summed E-state index contributed by atoms with van der Waals surface area (Å²) in [6.07, 6.45) is 6.62. The second kappa shape index (κ2) is 7.08. The van der Waals surface area contributed by atoms with Crippen LogP contribution in [0.5, 0.6) is 5.88 Å². The normalized spacial score (nSPS) is 14.7. The first-order chi connectivity index (χ1) is 12.8. The summed E-state index contributed by atoms with van der Waals surface area (Å²) in [5.74, 6) is 1.21. The van der Waals surface area contributed by atoms with Crippen LogP contribution in [0.1, 0.15) is 19.0 Å². The van der Waals surface area contributed by atoms with Crippen LogP contribution in [0, 0.1) is 0 Å². The molecule has 4 heterocycles. The molecule has 0 bridgehead atoms. The van der Waals surface area contributed by atoms with E-state index >= 15 is 0 Å². The standard InChI is InChI=1S/C16H20N8O2/c1-2-3-12-10-23(21-20-12)13-9-19-24(16(13)25)15-8-14(17-11-18-15)22-4-6-26-7-5-22/h8-11,25H,2-7H2,1H3. The van der Waals surface area contributed by atoms with E-state index in [0.717, 1.165) is 37.4 Å². The predicted octanol–water partition coefficient (Wildman–Crippen LogP) is 0.738. The van der Waals surface area contributed by atoms with Gasteiger partial charge < -0.3 is 14.7 Å². The van der Waals surface area contributed by atoms with Crippen LogP contribution < -0.4 is 4.90 Å². The summed E-state index contributed by atoms with van der Waals surface area (Å²) in [5.41, 5.74) is 1.32. The van der Waals surface area contributed by atoms with E-state index in [2.05, 4.69) is 37.2 Å². The topological polar surface area (TPSA) is 107 Å². The Morgan fingerprint density at radius 2 is 2.00 bits per heavy atom. The van der Waals surface area contributed by atoms with Crippen LogP contribution in [0.25, 0.3) is 11.5 Å². The van der Waals surface area contributed by atoms with Gasteiger partial charge in [-0.2, -0.15) is 9.78 Å². The Balaban J connectivity index is 1.63. The van der Waals surface area contributed by atoms with Gasteiger partial charge in [-0.3, -0.25) is 0 Å². The number of morpholine rings is 1. The Kier molecular flexibility index (Phi) is 4.48. The fourth-order valence-electron chi connectivity index (χ4n) is 2.87. The van der Waals surface area contributed by atoms with Crippen LogP contribution in [0.3, 0.4) is 0 Å². The zero-order valence-electron chi connectivity index (χ0n) is 14.5. The van der Waals surface area contributed by atoms with Crippen LogP contribution in [0.15, 0.2) is 24.8 Å². The summed E-state index contributed by atoms with van der Waals surface area (Å²) >= 11 is 0. The molecule has 1 saturated heterocycles. The Bertz CT molecular complexity index is 884. The molecule has 136 valence electrons. The fourth-order valence-corrected chi connectivity index (χ4v) is 2.87. The third kappa shape index (κ3) is 3.10. The Hall–Kier alpha value is -3.01. The number of aryl methyl sites for hydroxylation is 1. The monoisotopic (exact) mass is 356 g/mol. The molecule has 0 aromatic carbocycles. The van der Waals surface area contributed by atoms with Gasteiger partial charge in [0.1, 0.15) is 17.8 Å². The van der Waals surface area contributed by atoms with Crippen LogP contribution in [0.2, 0.25) is 0 Å². The molecule has 3 aromatic heterocycles. The lowest BCUT2D eigenvalue weighted by Crippen LogP contribution is -2.36. The van der Waals surface area contributed by atoms with Gasteiger partial charge in [0.05, 0.1) is 31.3 Å². The molecule has 0 amide bonds. The van der Waals surface area contributed by atoms with Crippen molar-refractivity contribution in [1.82, 2.24) is 34.7 Å². The number of anilines is 1. The van der Waals surface area contributed by atoms with Crippen molar-refractivity contribution in [3.05, 3.63) is 30.5 Å². The minimum absolute atomic E-state index is 0.0513. The number of hydrogen-bond acceptors (Lipinski definition) is 8. The van der Waals surface area contributed by atoms with Crippen molar-refractivity contribution >= 4 is 5.82 Å². The lowest BCUT2D eigenvalue weighted by Gasteiger charge is -2.27. The lowest BCUT2D eigenvalue weighted by atomic mass is 10.3. The van der Waals surface area contributed by atoms with Crippen LogP contribution in [-0.4, -0.2) is 66.2 Å². The SMILES string of the molecule is CCCc1cn(-c2cnn(-c3cc(N4CCOCC4)ncn3)c2O)nn1. The molecule has 0 atom stereocenters. The van der Waals surface area contributed by atoms with E-state index in [4.69, 9.17) is 4.74 Å². The summed E-state index contributed by atoms with van der Waals surface area (Å²) in [6, 6.07) is 1.80. The van der Waals surface area contributed by atoms with Crippen molar-refractivity contribution in [2.45, 2.75) is 19.8 Å². The van der Waals surface area contributed by atoms with Gasteiger partial charge in [-0.1, -0.05) is 18.6 Å². The summed E-state index contributed by atoms with van der Waals surface area (Å²) in [4.78, 5) is 10.7. The molecule has 10 nitrogen and oxygen atoms in total. The number of aromatic nitrogens is 7. The van der Waals surface area contributed by atoms with Gasteiger partial charge in [-0.15, -0.1) is 5.10 Å². The Morgan fingerprint density at radius 1 is 1.19 bits per heavy atom. The lowest BCUT2D eigenvalue weighted by molar-refractivity contribution is 0.122. The highest BCUT2D eigenvalue weighted by molar-refractivity contribution is 5.48. The summed E-state index contributed by atoms with van der Waals surface area (Å²) < 4.78 is 8.25. The minimum Gasteiger partial charge on any atom is -0.492 e. The first kappa shape index (κ1) is 16.5. The molecule has 0 spiro atoms. The van der Waals surface area contributed by atoms with Crippen molar-refractivity contribution in [2.75, 3.05) is 31.2 Å². The third-order valence-corrected chi connectivity index (χ3v) is 4.21. The van der Waals surface area contributed by atoms with E-state index in [1.807, 2.05) is 0 Å². The molecule has 1 aliphatic rings. The van der Waals surface area contributed by atoms with E-state index < -0.39 is 0 Å². The highest BCUT2D eigenvalue weighted by Gasteiger charge is 2.18. The van der Waals surface area contributed by atoms with E-state index in [0.29, 0.717) is 24.7 Å². The average molecular weight is 356 g/mol. The van der Waals surface area contributed by atoms with Gasteiger partial charge in [0.25, 0.3) is 0 Å². The van der Waals surface area contributed by atoms with E-state index in [1.54, 1.807) is 12.3 Å². The Labute approximate surface area is 150 Å². The Morgan fingerprint density at radius 3 is 2.81 bits per heavy atom. The zero-order chi connectivity index (χ0) is 17.9. The van der Waals surface area contributed by atoms with Crippen LogP contribution >= 0.6 is 0 Å². The van der Waals surface area contributed by atoms with Crippen molar-refractivity contribution in [3.63, 3.8) is 0 Å². The summed E-state index contributed by atoms with van der Waals surface area (Å²) in [6.45, 7) is 4.96. The zero-order valence-corrected chi connectivity index (χ0v) is 14.5. The molecule has 1 fully saturated rings. The van der Waals surface area contributed by atoms with Gasteiger partial charge >= 0.3 is 0 Å². The maximum absolute atomic E-state index is 10.6. The van der Waals surface area contributed by atoms with E-state index in [-0.39, 0.29) is 5.88 Å². The quantitative estimate of drug-likeness (QED) is 0.713. The van der Waals surface area contributed by atoms with Crippen molar-refractivity contribution in [2.24, 2.45) is 0 Å². The minimum atomic E-state index is -0.0513. The summed E-state index contributed by atoms with van der Waals surface area (Å²) in [5, 5.41) is 23.0. The maximum Gasteiger partial charge on any atom is 0.242 e. The molecular weight excluding hydrogens is 336 g/mol. The van der Waals surface area contributed by atoms with E-state index in [9.17, 15) is 5.11 Å². The van der Waals surface area contributed by atoms with Crippen molar-refractivity contribution in [3.8, 4) is 17.4 Å². The van der Waals surface area contributed by atoms with Gasteiger partial charge in [-0.05, 0) is 6.42 Å². The average Bonchev–Trinajstić information content (AvgIpc) is 3.29. The van der Waals surface area contributed by atoms with Crippen LogP contribution in [-0.2, 0) is 11.2 Å². The molecule has 3 aromatic rings. The maximum atomic E-state index is 10.6. The predicted molar refractivity (Wildman–Crippen MR) is 92.8 cm³/mol. The van der Waals surface area contributed by atoms with E-state index in [1.165, 1.54) is 21.9 Å². The van der Waals surface area contributed by atoms with Crippen molar-refractivity contribution < 1.29 is 9.84 Å². The number of aromatic hydroxyl groups is 1. The first-order valence-corrected chi connectivity index (χ1v) is 8.60. The fraction of sp³-hybridized carbons (Fsp3) is 0.438. The molecule has 1 N–H and O–H groups in total. The molecule has 0 radical (unpaired) electrons. The number of hydrogen-bond donors (Lipinski definition) is 1. The third-order valence-electron chi connectivity index (χ3n) is 4.21. The van der Waals surface area contributed by atoms with Gasteiger partial charge in [0.15, 0.2) is 5.82 Å². The first-order valence-electron chi connectivity index (χ1n) is 8.60. The van der Waals surface area contributed by atoms with Gasteiger partial charge in [0.2, 0.25) is 5.88 Å². The molecule has 0 unspecified atom stereocenters. The molecule has 4 rings (SSSR count). The van der Waals surface area contributed by atoms with Gasteiger partial charge in [0, 0.05) is 19.2 Å². The molecule has 26 heavy (non-hydrogen) atoms. The molecular formula is C16H20N8O2. The molecule has 1 aliphatic heterocycles.